The number of ether oxygens (including phenoxy) is 1. The number of benzene rings is 1. The molecule has 1 fully saturated rings. The van der Waals surface area contributed by atoms with Crippen molar-refractivity contribution in [2.45, 2.75) is 45.8 Å². The molecule has 1 heterocycles. The smallest absolute Gasteiger partial charge is 0.119 e. The fourth-order valence-electron chi connectivity index (χ4n) is 2.94. The first-order valence-corrected chi connectivity index (χ1v) is 8.64. The van der Waals surface area contributed by atoms with E-state index in [0.717, 1.165) is 29.9 Å². The fourth-order valence-corrected chi connectivity index (χ4v) is 3.32. The van der Waals surface area contributed by atoms with E-state index in [1.54, 1.807) is 7.11 Å². The van der Waals surface area contributed by atoms with Crippen molar-refractivity contribution in [3.05, 3.63) is 28.2 Å². The first-order chi connectivity index (χ1) is 10.0. The molecule has 0 radical (unpaired) electrons. The summed E-state index contributed by atoms with van der Waals surface area (Å²) in [5.74, 6) is 1.59. The number of piperazine rings is 1. The Labute approximate surface area is 137 Å². The van der Waals surface area contributed by atoms with Gasteiger partial charge in [0.25, 0.3) is 0 Å². The largest absolute Gasteiger partial charge is 0.497 e. The van der Waals surface area contributed by atoms with Crippen LogP contribution in [0.25, 0.3) is 0 Å². The Morgan fingerprint density at radius 2 is 2.19 bits per heavy atom. The zero-order valence-electron chi connectivity index (χ0n) is 13.5. The van der Waals surface area contributed by atoms with E-state index < -0.39 is 0 Å². The first kappa shape index (κ1) is 16.8. The van der Waals surface area contributed by atoms with Crippen LogP contribution in [0.5, 0.6) is 5.75 Å². The molecule has 0 spiro atoms. The van der Waals surface area contributed by atoms with Crippen molar-refractivity contribution < 1.29 is 4.74 Å². The SMILES string of the molecule is CCC1CNC(C(C)C)CN1Cc1cc(OC)ccc1Br. The van der Waals surface area contributed by atoms with Crippen LogP contribution in [-0.4, -0.2) is 37.2 Å². The van der Waals surface area contributed by atoms with Crippen LogP contribution >= 0.6 is 15.9 Å². The van der Waals surface area contributed by atoms with E-state index in [0.29, 0.717) is 18.0 Å². The number of nitrogens with zero attached hydrogens (tertiary/aromatic N) is 1. The van der Waals surface area contributed by atoms with Gasteiger partial charge in [-0.15, -0.1) is 0 Å². The second-order valence-electron chi connectivity index (χ2n) is 6.21. The van der Waals surface area contributed by atoms with E-state index >= 15 is 0 Å². The summed E-state index contributed by atoms with van der Waals surface area (Å²) in [6.45, 7) is 10.0. The molecule has 118 valence electrons. The molecule has 4 heteroatoms. The van der Waals surface area contributed by atoms with Crippen molar-refractivity contribution in [2.75, 3.05) is 20.2 Å². The Hall–Kier alpha value is -0.580. The molecule has 0 saturated carbocycles. The Morgan fingerprint density at radius 1 is 1.43 bits per heavy atom. The van der Waals surface area contributed by atoms with Crippen molar-refractivity contribution in [3.8, 4) is 5.75 Å². The van der Waals surface area contributed by atoms with Crippen LogP contribution in [0.15, 0.2) is 22.7 Å². The number of rotatable bonds is 5. The van der Waals surface area contributed by atoms with Gasteiger partial charge in [0.15, 0.2) is 0 Å². The summed E-state index contributed by atoms with van der Waals surface area (Å²) in [6.07, 6.45) is 1.18. The molecule has 1 aliphatic rings. The van der Waals surface area contributed by atoms with E-state index in [1.165, 1.54) is 12.0 Å². The van der Waals surface area contributed by atoms with E-state index in [9.17, 15) is 0 Å². The van der Waals surface area contributed by atoms with Gasteiger partial charge >= 0.3 is 0 Å². The van der Waals surface area contributed by atoms with E-state index in [4.69, 9.17) is 4.74 Å². The highest BCUT2D eigenvalue weighted by Gasteiger charge is 2.28. The van der Waals surface area contributed by atoms with Gasteiger partial charge in [-0.05, 0) is 36.1 Å². The molecular weight excluding hydrogens is 328 g/mol. The maximum atomic E-state index is 5.36. The molecule has 1 aromatic carbocycles. The summed E-state index contributed by atoms with van der Waals surface area (Å²) in [7, 11) is 1.72. The van der Waals surface area contributed by atoms with Gasteiger partial charge in [-0.1, -0.05) is 36.7 Å². The third kappa shape index (κ3) is 4.21. The number of nitrogens with one attached hydrogen (secondary N) is 1. The number of halogens is 1. The molecule has 1 aromatic rings. The lowest BCUT2D eigenvalue weighted by molar-refractivity contribution is 0.103. The highest BCUT2D eigenvalue weighted by atomic mass is 79.9. The maximum Gasteiger partial charge on any atom is 0.119 e. The number of hydrogen-bond acceptors (Lipinski definition) is 3. The van der Waals surface area contributed by atoms with Crippen LogP contribution in [0.1, 0.15) is 32.8 Å². The Bertz CT molecular complexity index is 464. The summed E-state index contributed by atoms with van der Waals surface area (Å²) in [4.78, 5) is 2.61. The molecule has 2 unspecified atom stereocenters. The normalized spacial score (nSPS) is 23.5. The van der Waals surface area contributed by atoms with Gasteiger partial charge in [0, 0.05) is 36.2 Å². The molecule has 1 aliphatic heterocycles. The zero-order chi connectivity index (χ0) is 15.4. The summed E-state index contributed by atoms with van der Waals surface area (Å²) in [5, 5.41) is 3.69. The summed E-state index contributed by atoms with van der Waals surface area (Å²) in [5.41, 5.74) is 1.30. The van der Waals surface area contributed by atoms with Gasteiger partial charge in [0.2, 0.25) is 0 Å². The number of hydrogen-bond donors (Lipinski definition) is 1. The lowest BCUT2D eigenvalue weighted by atomic mass is 9.98. The minimum atomic E-state index is 0.581. The van der Waals surface area contributed by atoms with Gasteiger partial charge in [-0.25, -0.2) is 0 Å². The second-order valence-corrected chi connectivity index (χ2v) is 7.06. The topological polar surface area (TPSA) is 24.5 Å². The van der Waals surface area contributed by atoms with Gasteiger partial charge in [-0.2, -0.15) is 0 Å². The Kier molecular flexibility index (Phi) is 6.08. The van der Waals surface area contributed by atoms with Crippen LogP contribution in [0, 0.1) is 5.92 Å². The zero-order valence-corrected chi connectivity index (χ0v) is 15.1. The second kappa shape index (κ2) is 7.61. The average molecular weight is 355 g/mol. The minimum Gasteiger partial charge on any atom is -0.497 e. The van der Waals surface area contributed by atoms with Crippen LogP contribution in [0.4, 0.5) is 0 Å². The Balaban J connectivity index is 2.14. The summed E-state index contributed by atoms with van der Waals surface area (Å²) in [6, 6.07) is 7.41. The van der Waals surface area contributed by atoms with Gasteiger partial charge in [-0.3, -0.25) is 4.90 Å². The predicted octanol–water partition coefficient (Wildman–Crippen LogP) is 3.67. The molecule has 0 bridgehead atoms. The number of methoxy groups -OCH3 is 1. The third-order valence-corrected chi connectivity index (χ3v) is 5.24. The minimum absolute atomic E-state index is 0.581. The first-order valence-electron chi connectivity index (χ1n) is 7.85. The van der Waals surface area contributed by atoms with Crippen LogP contribution in [-0.2, 0) is 6.54 Å². The molecule has 0 aromatic heterocycles. The van der Waals surface area contributed by atoms with Crippen LogP contribution in [0.2, 0.25) is 0 Å². The van der Waals surface area contributed by atoms with E-state index in [2.05, 4.69) is 59.1 Å². The lowest BCUT2D eigenvalue weighted by Crippen LogP contribution is -2.57. The molecule has 2 rings (SSSR count). The summed E-state index contributed by atoms with van der Waals surface area (Å²) < 4.78 is 6.52. The maximum absolute atomic E-state index is 5.36. The van der Waals surface area contributed by atoms with Crippen molar-refractivity contribution in [3.63, 3.8) is 0 Å². The van der Waals surface area contributed by atoms with Crippen molar-refractivity contribution >= 4 is 15.9 Å². The van der Waals surface area contributed by atoms with Crippen molar-refractivity contribution in [2.24, 2.45) is 5.92 Å². The average Bonchev–Trinajstić information content (AvgIpc) is 2.49. The van der Waals surface area contributed by atoms with Crippen LogP contribution in [0.3, 0.4) is 0 Å². The molecule has 1 N–H and O–H groups in total. The lowest BCUT2D eigenvalue weighted by Gasteiger charge is -2.41. The molecule has 3 nitrogen and oxygen atoms in total. The fraction of sp³-hybridized carbons (Fsp3) is 0.647. The monoisotopic (exact) mass is 354 g/mol. The highest BCUT2D eigenvalue weighted by Crippen LogP contribution is 2.26. The third-order valence-electron chi connectivity index (χ3n) is 4.47. The molecule has 1 saturated heterocycles. The molecule has 0 aliphatic carbocycles. The summed E-state index contributed by atoms with van der Waals surface area (Å²) >= 11 is 3.67. The van der Waals surface area contributed by atoms with Crippen molar-refractivity contribution in [1.29, 1.82) is 0 Å². The molecule has 21 heavy (non-hydrogen) atoms. The molecule has 0 amide bonds. The van der Waals surface area contributed by atoms with Gasteiger partial charge in [0.1, 0.15) is 5.75 Å². The molecular formula is C17H27BrN2O. The van der Waals surface area contributed by atoms with Gasteiger partial charge < -0.3 is 10.1 Å². The van der Waals surface area contributed by atoms with Crippen LogP contribution < -0.4 is 10.1 Å². The van der Waals surface area contributed by atoms with E-state index in [-0.39, 0.29) is 0 Å². The molecule has 2 atom stereocenters. The Morgan fingerprint density at radius 3 is 2.81 bits per heavy atom. The van der Waals surface area contributed by atoms with E-state index in [1.807, 2.05) is 6.07 Å². The predicted molar refractivity (Wildman–Crippen MR) is 91.8 cm³/mol. The highest BCUT2D eigenvalue weighted by molar-refractivity contribution is 9.10. The standard InChI is InChI=1S/C17H27BrN2O/c1-5-14-9-19-17(12(2)3)11-20(14)10-13-8-15(21-4)6-7-16(13)18/h6-8,12,14,17,19H,5,9-11H2,1-4H3. The van der Waals surface area contributed by atoms with Gasteiger partial charge in [0.05, 0.1) is 7.11 Å². The quantitative estimate of drug-likeness (QED) is 0.872. The van der Waals surface area contributed by atoms with Crippen molar-refractivity contribution in [1.82, 2.24) is 10.2 Å².